The number of halogens is 3. The first-order valence-electron chi connectivity index (χ1n) is 6.83. The van der Waals surface area contributed by atoms with Gasteiger partial charge in [0.05, 0.1) is 12.2 Å². The van der Waals surface area contributed by atoms with E-state index in [4.69, 9.17) is 4.74 Å². The van der Waals surface area contributed by atoms with Crippen LogP contribution < -0.4 is 0 Å². The number of alkyl halides is 3. The molecular weight excluding hydrogens is 295 g/mol. The standard InChI is InChI=1S/C16H16F3NO2/c1-3-22-15(21)10-20-11(2)8-9-14(20)12-6-4-5-7-13(12)16(17,18)19/h4-9H,3,10H2,1-2H3. The zero-order chi connectivity index (χ0) is 16.3. The Hall–Kier alpha value is -2.24. The Labute approximate surface area is 126 Å². The number of aromatic nitrogens is 1. The summed E-state index contributed by atoms with van der Waals surface area (Å²) in [6.07, 6.45) is -4.45. The molecule has 2 aromatic rings. The Morgan fingerprint density at radius 3 is 2.50 bits per heavy atom. The highest BCUT2D eigenvalue weighted by atomic mass is 19.4. The lowest BCUT2D eigenvalue weighted by Gasteiger charge is -2.16. The summed E-state index contributed by atoms with van der Waals surface area (Å²) in [6.45, 7) is 3.53. The third-order valence-electron chi connectivity index (χ3n) is 3.30. The lowest BCUT2D eigenvalue weighted by molar-refractivity contribution is -0.143. The first kappa shape index (κ1) is 16.1. The molecule has 0 unspecified atom stereocenters. The van der Waals surface area contributed by atoms with Gasteiger partial charge in [-0.05, 0) is 32.0 Å². The minimum atomic E-state index is -4.45. The van der Waals surface area contributed by atoms with Crippen LogP contribution in [0.1, 0.15) is 18.2 Å². The Balaban J connectivity index is 2.49. The van der Waals surface area contributed by atoms with Crippen LogP contribution in [0.15, 0.2) is 36.4 Å². The van der Waals surface area contributed by atoms with E-state index in [0.29, 0.717) is 11.4 Å². The number of nitrogens with zero attached hydrogens (tertiary/aromatic N) is 1. The van der Waals surface area contributed by atoms with Gasteiger partial charge in [0.2, 0.25) is 0 Å². The van der Waals surface area contributed by atoms with Crippen LogP contribution in [0, 0.1) is 6.92 Å². The van der Waals surface area contributed by atoms with E-state index >= 15 is 0 Å². The van der Waals surface area contributed by atoms with Crippen molar-refractivity contribution in [1.82, 2.24) is 4.57 Å². The van der Waals surface area contributed by atoms with Gasteiger partial charge in [-0.25, -0.2) is 0 Å². The maximum Gasteiger partial charge on any atom is 0.417 e. The molecule has 1 heterocycles. The Morgan fingerprint density at radius 1 is 1.18 bits per heavy atom. The minimum absolute atomic E-state index is 0.0485. The summed E-state index contributed by atoms with van der Waals surface area (Å²) in [6, 6.07) is 8.59. The van der Waals surface area contributed by atoms with Gasteiger partial charge < -0.3 is 9.30 Å². The number of rotatable bonds is 4. The largest absolute Gasteiger partial charge is 0.465 e. The van der Waals surface area contributed by atoms with E-state index in [2.05, 4.69) is 0 Å². The van der Waals surface area contributed by atoms with Gasteiger partial charge in [0.1, 0.15) is 6.54 Å². The molecule has 1 aromatic carbocycles. The number of hydrogen-bond acceptors (Lipinski definition) is 2. The molecule has 0 radical (unpaired) electrons. The zero-order valence-electron chi connectivity index (χ0n) is 12.3. The Morgan fingerprint density at radius 2 is 1.86 bits per heavy atom. The predicted octanol–water partition coefficient (Wildman–Crippen LogP) is 4.05. The molecule has 22 heavy (non-hydrogen) atoms. The molecule has 0 bridgehead atoms. The fraction of sp³-hybridized carbons (Fsp3) is 0.312. The van der Waals surface area contributed by atoms with Gasteiger partial charge in [-0.1, -0.05) is 18.2 Å². The molecule has 118 valence electrons. The van der Waals surface area contributed by atoms with E-state index in [1.165, 1.54) is 16.7 Å². The first-order valence-corrected chi connectivity index (χ1v) is 6.83. The molecular formula is C16H16F3NO2. The zero-order valence-corrected chi connectivity index (χ0v) is 12.3. The topological polar surface area (TPSA) is 31.2 Å². The molecule has 0 aliphatic heterocycles. The average molecular weight is 311 g/mol. The van der Waals surface area contributed by atoms with E-state index in [9.17, 15) is 18.0 Å². The maximum atomic E-state index is 13.2. The molecule has 0 saturated carbocycles. The molecule has 0 spiro atoms. The summed E-state index contributed by atoms with van der Waals surface area (Å²) in [7, 11) is 0. The van der Waals surface area contributed by atoms with Gasteiger partial charge in [-0.15, -0.1) is 0 Å². The fourth-order valence-corrected chi connectivity index (χ4v) is 2.30. The van der Waals surface area contributed by atoms with E-state index in [-0.39, 0.29) is 18.7 Å². The predicted molar refractivity (Wildman–Crippen MR) is 76.2 cm³/mol. The average Bonchev–Trinajstić information content (AvgIpc) is 2.79. The van der Waals surface area contributed by atoms with Crippen molar-refractivity contribution in [2.45, 2.75) is 26.6 Å². The number of carbonyl (C=O) groups is 1. The van der Waals surface area contributed by atoms with Crippen LogP contribution in [0.4, 0.5) is 13.2 Å². The van der Waals surface area contributed by atoms with E-state index < -0.39 is 17.7 Å². The summed E-state index contributed by atoms with van der Waals surface area (Å²) >= 11 is 0. The third-order valence-corrected chi connectivity index (χ3v) is 3.30. The molecule has 3 nitrogen and oxygen atoms in total. The second-order valence-corrected chi connectivity index (χ2v) is 4.79. The second-order valence-electron chi connectivity index (χ2n) is 4.79. The van der Waals surface area contributed by atoms with Gasteiger partial charge in [0.15, 0.2) is 0 Å². The minimum Gasteiger partial charge on any atom is -0.465 e. The van der Waals surface area contributed by atoms with Gasteiger partial charge in [0.25, 0.3) is 0 Å². The molecule has 0 fully saturated rings. The smallest absolute Gasteiger partial charge is 0.417 e. The van der Waals surface area contributed by atoms with Gasteiger partial charge in [0, 0.05) is 17.0 Å². The summed E-state index contributed by atoms with van der Waals surface area (Å²) in [5, 5.41) is 0. The summed E-state index contributed by atoms with van der Waals surface area (Å²) < 4.78 is 45.9. The first-order chi connectivity index (χ1) is 10.3. The van der Waals surface area contributed by atoms with Crippen molar-refractivity contribution in [3.05, 3.63) is 47.7 Å². The number of esters is 1. The monoisotopic (exact) mass is 311 g/mol. The Kier molecular flexibility index (Phi) is 4.59. The van der Waals surface area contributed by atoms with Crippen LogP contribution in [0.3, 0.4) is 0 Å². The highest BCUT2D eigenvalue weighted by Gasteiger charge is 2.34. The van der Waals surface area contributed by atoms with E-state index in [1.54, 1.807) is 32.0 Å². The van der Waals surface area contributed by atoms with Crippen molar-refractivity contribution in [1.29, 1.82) is 0 Å². The molecule has 0 aliphatic rings. The van der Waals surface area contributed by atoms with Crippen molar-refractivity contribution in [3.8, 4) is 11.3 Å². The van der Waals surface area contributed by atoms with Crippen molar-refractivity contribution in [2.75, 3.05) is 6.61 Å². The quantitative estimate of drug-likeness (QED) is 0.798. The summed E-state index contributed by atoms with van der Waals surface area (Å²) in [5.74, 6) is -0.479. The van der Waals surface area contributed by atoms with Crippen LogP contribution in [-0.2, 0) is 22.3 Å². The molecule has 0 amide bonds. The van der Waals surface area contributed by atoms with E-state index in [0.717, 1.165) is 6.07 Å². The van der Waals surface area contributed by atoms with E-state index in [1.807, 2.05) is 0 Å². The fourth-order valence-electron chi connectivity index (χ4n) is 2.30. The van der Waals surface area contributed by atoms with Crippen molar-refractivity contribution < 1.29 is 22.7 Å². The third kappa shape index (κ3) is 3.32. The van der Waals surface area contributed by atoms with Crippen molar-refractivity contribution in [3.63, 3.8) is 0 Å². The second kappa shape index (κ2) is 6.25. The highest BCUT2D eigenvalue weighted by molar-refractivity contribution is 5.72. The van der Waals surface area contributed by atoms with Crippen molar-refractivity contribution in [2.24, 2.45) is 0 Å². The summed E-state index contributed by atoms with van der Waals surface area (Å²) in [4.78, 5) is 11.7. The number of hydrogen-bond donors (Lipinski definition) is 0. The summed E-state index contributed by atoms with van der Waals surface area (Å²) in [5.41, 5.74) is 0.365. The van der Waals surface area contributed by atoms with Crippen LogP contribution in [0.5, 0.6) is 0 Å². The number of ether oxygens (including phenoxy) is 1. The van der Waals surface area contributed by atoms with Crippen LogP contribution in [-0.4, -0.2) is 17.1 Å². The molecule has 2 rings (SSSR count). The van der Waals surface area contributed by atoms with Gasteiger partial charge in [-0.2, -0.15) is 13.2 Å². The molecule has 0 N–H and O–H groups in total. The molecule has 0 atom stereocenters. The SMILES string of the molecule is CCOC(=O)Cn1c(C)ccc1-c1ccccc1C(F)(F)F. The number of benzene rings is 1. The van der Waals surface area contributed by atoms with Gasteiger partial charge >= 0.3 is 12.1 Å². The maximum absolute atomic E-state index is 13.2. The molecule has 1 aromatic heterocycles. The van der Waals surface area contributed by atoms with Crippen LogP contribution in [0.25, 0.3) is 11.3 Å². The molecule has 0 aliphatic carbocycles. The molecule has 6 heteroatoms. The number of carbonyl (C=O) groups excluding carboxylic acids is 1. The van der Waals surface area contributed by atoms with Gasteiger partial charge in [-0.3, -0.25) is 4.79 Å². The van der Waals surface area contributed by atoms with Crippen LogP contribution >= 0.6 is 0 Å². The lowest BCUT2D eigenvalue weighted by atomic mass is 10.0. The highest BCUT2D eigenvalue weighted by Crippen LogP contribution is 2.37. The lowest BCUT2D eigenvalue weighted by Crippen LogP contribution is -2.16. The normalized spacial score (nSPS) is 11.5. The van der Waals surface area contributed by atoms with Crippen molar-refractivity contribution >= 4 is 5.97 Å². The number of aryl methyl sites for hydroxylation is 1. The molecule has 0 saturated heterocycles. The Bertz CT molecular complexity index is 674. The van der Waals surface area contributed by atoms with Crippen LogP contribution in [0.2, 0.25) is 0 Å².